The van der Waals surface area contributed by atoms with Crippen molar-refractivity contribution in [2.24, 2.45) is 0 Å². The Kier molecular flexibility index (Phi) is 4.81. The van der Waals surface area contributed by atoms with E-state index in [4.69, 9.17) is 4.74 Å². The van der Waals surface area contributed by atoms with Crippen LogP contribution in [0.5, 0.6) is 5.75 Å². The van der Waals surface area contributed by atoms with Crippen LogP contribution >= 0.6 is 0 Å². The second-order valence-corrected chi connectivity index (χ2v) is 4.57. The summed E-state index contributed by atoms with van der Waals surface area (Å²) in [7, 11) is 0. The number of benzene rings is 1. The lowest BCUT2D eigenvalue weighted by molar-refractivity contribution is -0.121. The van der Waals surface area contributed by atoms with Gasteiger partial charge in [-0.05, 0) is 12.1 Å². The third-order valence-corrected chi connectivity index (χ3v) is 2.98. The van der Waals surface area contributed by atoms with E-state index < -0.39 is 0 Å². The molecular weight excluding hydrogens is 258 g/mol. The van der Waals surface area contributed by atoms with Gasteiger partial charge >= 0.3 is 0 Å². The molecule has 108 valence electrons. The number of nitrogens with zero attached hydrogens (tertiary/aromatic N) is 1. The maximum atomic E-state index is 11.9. The van der Waals surface area contributed by atoms with Gasteiger partial charge in [0.2, 0.25) is 11.8 Å². The summed E-state index contributed by atoms with van der Waals surface area (Å²) < 4.78 is 5.54. The Morgan fingerprint density at radius 1 is 1.25 bits per heavy atom. The van der Waals surface area contributed by atoms with Crippen LogP contribution in [0.15, 0.2) is 24.3 Å². The van der Waals surface area contributed by atoms with Crippen molar-refractivity contribution in [3.63, 3.8) is 0 Å². The Hall–Kier alpha value is -2.24. The second-order valence-electron chi connectivity index (χ2n) is 4.57. The van der Waals surface area contributed by atoms with Gasteiger partial charge in [-0.15, -0.1) is 0 Å². The van der Waals surface area contributed by atoms with Gasteiger partial charge < -0.3 is 20.3 Å². The minimum absolute atomic E-state index is 0.0629. The first-order chi connectivity index (χ1) is 9.66. The van der Waals surface area contributed by atoms with Gasteiger partial charge in [0.25, 0.3) is 0 Å². The summed E-state index contributed by atoms with van der Waals surface area (Å²) in [5.41, 5.74) is 0.941. The van der Waals surface area contributed by atoms with Crippen LogP contribution in [0.4, 0.5) is 5.69 Å². The average Bonchev–Trinajstić information content (AvgIpc) is 2.44. The summed E-state index contributed by atoms with van der Waals surface area (Å²) in [5, 5.41) is 5.41. The highest BCUT2D eigenvalue weighted by molar-refractivity contribution is 5.82. The fourth-order valence-electron chi connectivity index (χ4n) is 2.06. The number of amides is 2. The SMILES string of the molecule is CC(=O)NCCNC(=O)CN1CCOc2ccccc21. The molecule has 2 rings (SSSR count). The molecule has 1 aliphatic heterocycles. The van der Waals surface area contributed by atoms with E-state index in [0.29, 0.717) is 32.8 Å². The highest BCUT2D eigenvalue weighted by Crippen LogP contribution is 2.30. The number of hydrogen-bond acceptors (Lipinski definition) is 4. The maximum Gasteiger partial charge on any atom is 0.239 e. The van der Waals surface area contributed by atoms with Gasteiger partial charge in [-0.1, -0.05) is 12.1 Å². The molecule has 6 heteroatoms. The zero-order valence-corrected chi connectivity index (χ0v) is 11.5. The molecule has 1 aromatic rings. The number of para-hydroxylation sites is 2. The maximum absolute atomic E-state index is 11.9. The Bertz CT molecular complexity index is 490. The fraction of sp³-hybridized carbons (Fsp3) is 0.429. The smallest absolute Gasteiger partial charge is 0.239 e. The summed E-state index contributed by atoms with van der Waals surface area (Å²) in [6.07, 6.45) is 0. The number of rotatable bonds is 5. The summed E-state index contributed by atoms with van der Waals surface area (Å²) in [5.74, 6) is 0.651. The number of fused-ring (bicyclic) bond motifs is 1. The number of carbonyl (C=O) groups is 2. The Balaban J connectivity index is 1.82. The second kappa shape index (κ2) is 6.79. The van der Waals surface area contributed by atoms with Crippen LogP contribution in [-0.4, -0.2) is 44.6 Å². The molecule has 0 aromatic heterocycles. The lowest BCUT2D eigenvalue weighted by Gasteiger charge is -2.30. The molecule has 1 heterocycles. The van der Waals surface area contributed by atoms with Gasteiger partial charge in [-0.25, -0.2) is 0 Å². The molecule has 2 amide bonds. The van der Waals surface area contributed by atoms with Crippen LogP contribution in [0, 0.1) is 0 Å². The molecule has 0 saturated carbocycles. The van der Waals surface area contributed by atoms with Crippen LogP contribution in [0.2, 0.25) is 0 Å². The molecule has 0 fully saturated rings. The van der Waals surface area contributed by atoms with E-state index in [1.165, 1.54) is 6.92 Å². The Labute approximate surface area is 118 Å². The van der Waals surface area contributed by atoms with Crippen molar-refractivity contribution in [2.75, 3.05) is 37.7 Å². The largest absolute Gasteiger partial charge is 0.490 e. The van der Waals surface area contributed by atoms with Crippen molar-refractivity contribution in [1.29, 1.82) is 0 Å². The molecule has 0 spiro atoms. The van der Waals surface area contributed by atoms with Crippen LogP contribution < -0.4 is 20.3 Å². The standard InChI is InChI=1S/C14H19N3O3/c1-11(18)15-6-7-16-14(19)10-17-8-9-20-13-5-3-2-4-12(13)17/h2-5H,6-10H2,1H3,(H,15,18)(H,16,19). The number of hydrogen-bond donors (Lipinski definition) is 2. The van der Waals surface area contributed by atoms with Crippen LogP contribution in [-0.2, 0) is 9.59 Å². The molecular formula is C14H19N3O3. The van der Waals surface area contributed by atoms with E-state index in [2.05, 4.69) is 10.6 Å². The third kappa shape index (κ3) is 3.88. The summed E-state index contributed by atoms with van der Waals surface area (Å²) >= 11 is 0. The quantitative estimate of drug-likeness (QED) is 0.751. The number of carbonyl (C=O) groups excluding carboxylic acids is 2. The highest BCUT2D eigenvalue weighted by Gasteiger charge is 2.19. The van der Waals surface area contributed by atoms with Gasteiger partial charge in [0, 0.05) is 20.0 Å². The topological polar surface area (TPSA) is 70.7 Å². The van der Waals surface area contributed by atoms with Crippen molar-refractivity contribution >= 4 is 17.5 Å². The minimum Gasteiger partial charge on any atom is -0.490 e. The summed E-state index contributed by atoms with van der Waals surface area (Å²) in [6, 6.07) is 7.68. The van der Waals surface area contributed by atoms with E-state index in [0.717, 1.165) is 11.4 Å². The van der Waals surface area contributed by atoms with E-state index in [9.17, 15) is 9.59 Å². The van der Waals surface area contributed by atoms with Crippen LogP contribution in [0.1, 0.15) is 6.92 Å². The first-order valence-corrected chi connectivity index (χ1v) is 6.65. The normalized spacial score (nSPS) is 13.2. The molecule has 0 radical (unpaired) electrons. The minimum atomic E-state index is -0.0960. The van der Waals surface area contributed by atoms with Crippen LogP contribution in [0.25, 0.3) is 0 Å². The van der Waals surface area contributed by atoms with Crippen LogP contribution in [0.3, 0.4) is 0 Å². The molecule has 0 unspecified atom stereocenters. The average molecular weight is 277 g/mol. The molecule has 0 bridgehead atoms. The van der Waals surface area contributed by atoms with Crippen molar-refractivity contribution in [3.05, 3.63) is 24.3 Å². The zero-order chi connectivity index (χ0) is 14.4. The first kappa shape index (κ1) is 14.2. The van der Waals surface area contributed by atoms with Gasteiger partial charge in [0.05, 0.1) is 18.8 Å². The number of nitrogens with one attached hydrogen (secondary N) is 2. The lowest BCUT2D eigenvalue weighted by atomic mass is 10.2. The fourth-order valence-corrected chi connectivity index (χ4v) is 2.06. The van der Waals surface area contributed by atoms with Gasteiger partial charge in [-0.2, -0.15) is 0 Å². The molecule has 0 atom stereocenters. The van der Waals surface area contributed by atoms with Crippen molar-refractivity contribution in [2.45, 2.75) is 6.92 Å². The molecule has 2 N–H and O–H groups in total. The van der Waals surface area contributed by atoms with E-state index in [1.807, 2.05) is 29.2 Å². The van der Waals surface area contributed by atoms with E-state index in [-0.39, 0.29) is 11.8 Å². The number of ether oxygens (including phenoxy) is 1. The van der Waals surface area contributed by atoms with Crippen molar-refractivity contribution < 1.29 is 14.3 Å². The van der Waals surface area contributed by atoms with Crippen molar-refractivity contribution in [1.82, 2.24) is 10.6 Å². The molecule has 1 aliphatic rings. The predicted molar refractivity (Wildman–Crippen MR) is 75.8 cm³/mol. The van der Waals surface area contributed by atoms with E-state index in [1.54, 1.807) is 0 Å². The number of anilines is 1. The predicted octanol–water partition coefficient (Wildman–Crippen LogP) is 0.138. The van der Waals surface area contributed by atoms with Gasteiger partial charge in [0.1, 0.15) is 12.4 Å². The third-order valence-electron chi connectivity index (χ3n) is 2.98. The van der Waals surface area contributed by atoms with Gasteiger partial charge in [0.15, 0.2) is 0 Å². The lowest BCUT2D eigenvalue weighted by Crippen LogP contribution is -2.43. The molecule has 0 saturated heterocycles. The van der Waals surface area contributed by atoms with Crippen molar-refractivity contribution in [3.8, 4) is 5.75 Å². The highest BCUT2D eigenvalue weighted by atomic mass is 16.5. The summed E-state index contributed by atoms with van der Waals surface area (Å²) in [6.45, 7) is 3.89. The van der Waals surface area contributed by atoms with Gasteiger partial charge in [-0.3, -0.25) is 9.59 Å². The molecule has 1 aromatic carbocycles. The molecule has 6 nitrogen and oxygen atoms in total. The first-order valence-electron chi connectivity index (χ1n) is 6.65. The zero-order valence-electron chi connectivity index (χ0n) is 11.5. The molecule has 0 aliphatic carbocycles. The van der Waals surface area contributed by atoms with E-state index >= 15 is 0 Å². The molecule has 20 heavy (non-hydrogen) atoms. The Morgan fingerprint density at radius 2 is 2.00 bits per heavy atom. The Morgan fingerprint density at radius 3 is 2.80 bits per heavy atom. The monoisotopic (exact) mass is 277 g/mol. The summed E-state index contributed by atoms with van der Waals surface area (Å²) in [4.78, 5) is 24.5.